The summed E-state index contributed by atoms with van der Waals surface area (Å²) >= 11 is 0. The highest BCUT2D eigenvalue weighted by atomic mass is 19.1. The molecular weight excluding hydrogens is 227 g/mol. The van der Waals surface area contributed by atoms with E-state index in [4.69, 9.17) is 0 Å². The number of hydrogen-bond acceptors (Lipinski definition) is 1. The van der Waals surface area contributed by atoms with Crippen molar-refractivity contribution < 1.29 is 9.50 Å². The van der Waals surface area contributed by atoms with Crippen molar-refractivity contribution in [3.63, 3.8) is 0 Å². The van der Waals surface area contributed by atoms with Gasteiger partial charge in [0.05, 0.1) is 6.10 Å². The summed E-state index contributed by atoms with van der Waals surface area (Å²) in [7, 11) is 0. The second kappa shape index (κ2) is 8.25. The molecule has 1 rings (SSSR count). The van der Waals surface area contributed by atoms with Crippen LogP contribution in [0.4, 0.5) is 4.39 Å². The Labute approximate surface area is 110 Å². The van der Waals surface area contributed by atoms with Gasteiger partial charge in [0.15, 0.2) is 0 Å². The summed E-state index contributed by atoms with van der Waals surface area (Å²) < 4.78 is 13.8. The van der Waals surface area contributed by atoms with Gasteiger partial charge in [-0.05, 0) is 18.9 Å². The van der Waals surface area contributed by atoms with Crippen LogP contribution in [0.25, 0.3) is 0 Å². The molecule has 0 aliphatic carbocycles. The molecule has 2 heteroatoms. The normalized spacial score (nSPS) is 12.7. The SMILES string of the molecule is CCCCCCCCC(O)c1cccc(C)c1F. The van der Waals surface area contributed by atoms with E-state index < -0.39 is 6.10 Å². The molecule has 1 aromatic carbocycles. The van der Waals surface area contributed by atoms with E-state index in [0.29, 0.717) is 17.5 Å². The fourth-order valence-electron chi connectivity index (χ4n) is 2.20. The van der Waals surface area contributed by atoms with E-state index in [9.17, 15) is 9.50 Å². The summed E-state index contributed by atoms with van der Waals surface area (Å²) in [6.07, 6.45) is 7.13. The smallest absolute Gasteiger partial charge is 0.131 e. The number of aryl methyl sites for hydroxylation is 1. The van der Waals surface area contributed by atoms with Crippen LogP contribution < -0.4 is 0 Å². The molecule has 0 heterocycles. The lowest BCUT2D eigenvalue weighted by Gasteiger charge is -2.13. The monoisotopic (exact) mass is 252 g/mol. The highest BCUT2D eigenvalue weighted by Gasteiger charge is 2.13. The second-order valence-electron chi connectivity index (χ2n) is 5.05. The molecule has 0 fully saturated rings. The number of benzene rings is 1. The van der Waals surface area contributed by atoms with E-state index in [1.54, 1.807) is 25.1 Å². The molecule has 0 saturated carbocycles. The quantitative estimate of drug-likeness (QED) is 0.651. The Bertz CT molecular complexity index is 349. The van der Waals surface area contributed by atoms with Crippen LogP contribution in [0.15, 0.2) is 18.2 Å². The molecule has 0 amide bonds. The largest absolute Gasteiger partial charge is 0.388 e. The van der Waals surface area contributed by atoms with Crippen molar-refractivity contribution in [2.45, 2.75) is 64.9 Å². The molecular formula is C16H25FO. The standard InChI is InChI=1S/C16H25FO/c1-3-4-5-6-7-8-12-15(18)14-11-9-10-13(2)16(14)17/h9-11,15,18H,3-8,12H2,1-2H3. The van der Waals surface area contributed by atoms with Gasteiger partial charge in [-0.2, -0.15) is 0 Å². The van der Waals surface area contributed by atoms with E-state index in [0.717, 1.165) is 12.8 Å². The van der Waals surface area contributed by atoms with E-state index in [-0.39, 0.29) is 5.82 Å². The molecule has 1 atom stereocenters. The Hall–Kier alpha value is -0.890. The summed E-state index contributed by atoms with van der Waals surface area (Å²) in [6, 6.07) is 5.22. The van der Waals surface area contributed by atoms with E-state index in [2.05, 4.69) is 6.92 Å². The van der Waals surface area contributed by atoms with Crippen LogP contribution in [-0.2, 0) is 0 Å². The Morgan fingerprint density at radius 2 is 1.78 bits per heavy atom. The molecule has 1 aromatic rings. The lowest BCUT2D eigenvalue weighted by Crippen LogP contribution is -2.02. The van der Waals surface area contributed by atoms with Gasteiger partial charge in [-0.3, -0.25) is 0 Å². The Morgan fingerprint density at radius 1 is 1.11 bits per heavy atom. The number of unbranched alkanes of at least 4 members (excludes halogenated alkanes) is 5. The predicted molar refractivity (Wildman–Crippen MR) is 74.1 cm³/mol. The maximum absolute atomic E-state index is 13.8. The van der Waals surface area contributed by atoms with Crippen molar-refractivity contribution in [1.29, 1.82) is 0 Å². The number of aliphatic hydroxyl groups is 1. The molecule has 0 bridgehead atoms. The zero-order chi connectivity index (χ0) is 13.4. The minimum Gasteiger partial charge on any atom is -0.388 e. The first-order chi connectivity index (χ1) is 8.66. The summed E-state index contributed by atoms with van der Waals surface area (Å²) in [5.74, 6) is -0.254. The third kappa shape index (κ3) is 4.77. The molecule has 0 radical (unpaired) electrons. The molecule has 0 aliphatic heterocycles. The molecule has 0 spiro atoms. The van der Waals surface area contributed by atoms with Gasteiger partial charge in [0, 0.05) is 5.56 Å². The van der Waals surface area contributed by atoms with Crippen molar-refractivity contribution in [3.8, 4) is 0 Å². The van der Waals surface area contributed by atoms with Gasteiger partial charge >= 0.3 is 0 Å². The van der Waals surface area contributed by atoms with Crippen LogP contribution in [-0.4, -0.2) is 5.11 Å². The van der Waals surface area contributed by atoms with Gasteiger partial charge in [-0.1, -0.05) is 63.6 Å². The molecule has 18 heavy (non-hydrogen) atoms. The number of halogens is 1. The van der Waals surface area contributed by atoms with Gasteiger partial charge in [-0.25, -0.2) is 4.39 Å². The first kappa shape index (κ1) is 15.2. The highest BCUT2D eigenvalue weighted by Crippen LogP contribution is 2.24. The van der Waals surface area contributed by atoms with Gasteiger partial charge in [0.1, 0.15) is 5.82 Å². The zero-order valence-electron chi connectivity index (χ0n) is 11.6. The number of rotatable bonds is 8. The van der Waals surface area contributed by atoms with Gasteiger partial charge in [0.2, 0.25) is 0 Å². The molecule has 0 aliphatic rings. The van der Waals surface area contributed by atoms with Crippen LogP contribution in [0, 0.1) is 12.7 Å². The van der Waals surface area contributed by atoms with Crippen LogP contribution in [0.2, 0.25) is 0 Å². The van der Waals surface area contributed by atoms with Crippen LogP contribution in [0.3, 0.4) is 0 Å². The summed E-state index contributed by atoms with van der Waals surface area (Å²) in [5.41, 5.74) is 1.05. The minimum absolute atomic E-state index is 0.254. The van der Waals surface area contributed by atoms with Crippen molar-refractivity contribution in [3.05, 3.63) is 35.1 Å². The second-order valence-corrected chi connectivity index (χ2v) is 5.05. The average molecular weight is 252 g/mol. The fourth-order valence-corrected chi connectivity index (χ4v) is 2.20. The molecule has 1 nitrogen and oxygen atoms in total. The maximum Gasteiger partial charge on any atom is 0.131 e. The Morgan fingerprint density at radius 3 is 2.50 bits per heavy atom. The van der Waals surface area contributed by atoms with Gasteiger partial charge < -0.3 is 5.11 Å². The Balaban J connectivity index is 2.32. The number of aliphatic hydroxyl groups excluding tert-OH is 1. The topological polar surface area (TPSA) is 20.2 Å². The van der Waals surface area contributed by atoms with E-state index in [1.165, 1.54) is 25.7 Å². The predicted octanol–water partition coefficient (Wildman–Crippen LogP) is 4.92. The number of hydrogen-bond donors (Lipinski definition) is 1. The first-order valence-electron chi connectivity index (χ1n) is 7.10. The lowest BCUT2D eigenvalue weighted by atomic mass is 10.00. The Kier molecular flexibility index (Phi) is 6.96. The van der Waals surface area contributed by atoms with Gasteiger partial charge in [-0.15, -0.1) is 0 Å². The molecule has 102 valence electrons. The summed E-state index contributed by atoms with van der Waals surface area (Å²) in [4.78, 5) is 0. The fraction of sp³-hybridized carbons (Fsp3) is 0.625. The van der Waals surface area contributed by atoms with Crippen molar-refractivity contribution in [1.82, 2.24) is 0 Å². The van der Waals surface area contributed by atoms with Crippen LogP contribution >= 0.6 is 0 Å². The van der Waals surface area contributed by atoms with Gasteiger partial charge in [0.25, 0.3) is 0 Å². The van der Waals surface area contributed by atoms with Crippen molar-refractivity contribution in [2.75, 3.05) is 0 Å². The third-order valence-corrected chi connectivity index (χ3v) is 3.41. The lowest BCUT2D eigenvalue weighted by molar-refractivity contribution is 0.158. The molecule has 1 N–H and O–H groups in total. The first-order valence-corrected chi connectivity index (χ1v) is 7.10. The molecule has 1 unspecified atom stereocenters. The summed E-state index contributed by atoms with van der Waals surface area (Å²) in [6.45, 7) is 3.93. The molecule has 0 saturated heterocycles. The maximum atomic E-state index is 13.8. The van der Waals surface area contributed by atoms with E-state index in [1.807, 2.05) is 0 Å². The van der Waals surface area contributed by atoms with Crippen molar-refractivity contribution >= 4 is 0 Å². The van der Waals surface area contributed by atoms with Crippen LogP contribution in [0.5, 0.6) is 0 Å². The summed E-state index contributed by atoms with van der Waals surface area (Å²) in [5, 5.41) is 9.99. The molecule has 0 aromatic heterocycles. The average Bonchev–Trinajstić information content (AvgIpc) is 2.36. The third-order valence-electron chi connectivity index (χ3n) is 3.41. The minimum atomic E-state index is -0.656. The van der Waals surface area contributed by atoms with Crippen molar-refractivity contribution in [2.24, 2.45) is 0 Å². The highest BCUT2D eigenvalue weighted by molar-refractivity contribution is 5.26. The van der Waals surface area contributed by atoms with E-state index >= 15 is 0 Å². The zero-order valence-corrected chi connectivity index (χ0v) is 11.6. The van der Waals surface area contributed by atoms with Crippen LogP contribution in [0.1, 0.15) is 69.1 Å².